The molecule has 4 N–H and O–H groups in total. The first-order valence-corrected chi connectivity index (χ1v) is 8.29. The van der Waals surface area contributed by atoms with Crippen molar-refractivity contribution < 1.29 is 10.0 Å². The highest BCUT2D eigenvalue weighted by Gasteiger charge is 2.46. The highest BCUT2D eigenvalue weighted by atomic mass is 16.4. The fourth-order valence-corrected chi connectivity index (χ4v) is 3.94. The fraction of sp³-hybridized carbons (Fsp3) is 0.875. The minimum Gasteiger partial charge on any atom is -0.409 e. The van der Waals surface area contributed by atoms with Crippen molar-refractivity contribution in [2.24, 2.45) is 22.2 Å². The van der Waals surface area contributed by atoms with Crippen LogP contribution < -0.4 is 11.1 Å². The third-order valence-electron chi connectivity index (χ3n) is 5.80. The maximum atomic E-state index is 12.9. The third-order valence-corrected chi connectivity index (χ3v) is 5.80. The van der Waals surface area contributed by atoms with Crippen molar-refractivity contribution in [1.29, 1.82) is 0 Å². The van der Waals surface area contributed by atoms with Crippen LogP contribution in [0.25, 0.3) is 0 Å². The lowest BCUT2D eigenvalue weighted by Crippen LogP contribution is -2.61. The number of amidine groups is 1. The Kier molecular flexibility index (Phi) is 4.79. The van der Waals surface area contributed by atoms with E-state index in [1.807, 2.05) is 0 Å². The van der Waals surface area contributed by atoms with Gasteiger partial charge in [-0.05, 0) is 50.9 Å². The Bertz CT molecular complexity index is 406. The summed E-state index contributed by atoms with van der Waals surface area (Å²) in [6.45, 7) is 4.30. The number of hydrogen-bond acceptors (Lipinski definition) is 3. The van der Waals surface area contributed by atoms with Crippen LogP contribution in [0.15, 0.2) is 5.16 Å². The van der Waals surface area contributed by atoms with Gasteiger partial charge in [-0.2, -0.15) is 0 Å². The van der Waals surface area contributed by atoms with Crippen molar-refractivity contribution in [3.8, 4) is 0 Å². The van der Waals surface area contributed by atoms with Crippen molar-refractivity contribution in [2.75, 3.05) is 0 Å². The van der Waals surface area contributed by atoms with Crippen LogP contribution in [0, 0.1) is 11.3 Å². The number of nitrogens with zero attached hydrogens (tertiary/aromatic N) is 1. The molecule has 21 heavy (non-hydrogen) atoms. The van der Waals surface area contributed by atoms with Gasteiger partial charge in [0.1, 0.15) is 5.54 Å². The van der Waals surface area contributed by atoms with Crippen molar-refractivity contribution in [2.45, 2.75) is 77.2 Å². The van der Waals surface area contributed by atoms with E-state index in [-0.39, 0.29) is 17.2 Å². The third kappa shape index (κ3) is 3.01. The van der Waals surface area contributed by atoms with E-state index in [0.29, 0.717) is 5.92 Å². The van der Waals surface area contributed by atoms with Gasteiger partial charge in [-0.25, -0.2) is 0 Å². The van der Waals surface area contributed by atoms with E-state index in [0.717, 1.165) is 57.8 Å². The van der Waals surface area contributed by atoms with Crippen molar-refractivity contribution >= 4 is 11.7 Å². The molecule has 2 aliphatic carbocycles. The predicted octanol–water partition coefficient (Wildman–Crippen LogP) is 2.77. The lowest BCUT2D eigenvalue weighted by molar-refractivity contribution is -0.132. The van der Waals surface area contributed by atoms with E-state index in [4.69, 9.17) is 10.9 Å². The molecule has 1 amide bonds. The summed E-state index contributed by atoms with van der Waals surface area (Å²) in [6, 6.07) is 0. The number of rotatable bonds is 4. The second-order valence-corrected chi connectivity index (χ2v) is 7.04. The van der Waals surface area contributed by atoms with Crippen LogP contribution in [0.5, 0.6) is 0 Å². The normalized spacial score (nSPS) is 32.9. The topological polar surface area (TPSA) is 87.7 Å². The second kappa shape index (κ2) is 6.24. The summed E-state index contributed by atoms with van der Waals surface area (Å²) in [5, 5.41) is 15.5. The van der Waals surface area contributed by atoms with Gasteiger partial charge in [0.15, 0.2) is 5.84 Å². The van der Waals surface area contributed by atoms with Gasteiger partial charge in [0.05, 0.1) is 0 Å². The number of nitrogens with two attached hydrogens (primary N) is 1. The van der Waals surface area contributed by atoms with E-state index < -0.39 is 5.54 Å². The molecule has 5 heteroatoms. The molecule has 0 aliphatic heterocycles. The summed E-state index contributed by atoms with van der Waals surface area (Å²) < 4.78 is 0. The van der Waals surface area contributed by atoms with Crippen molar-refractivity contribution in [1.82, 2.24) is 5.32 Å². The Balaban J connectivity index is 2.17. The first-order chi connectivity index (χ1) is 9.98. The molecule has 120 valence electrons. The summed E-state index contributed by atoms with van der Waals surface area (Å²) in [5.74, 6) is 0.892. The average Bonchev–Trinajstić information content (AvgIpc) is 2.99. The van der Waals surface area contributed by atoms with Gasteiger partial charge >= 0.3 is 0 Å². The molecule has 0 aromatic carbocycles. The maximum Gasteiger partial charge on any atom is 0.227 e. The lowest BCUT2D eigenvalue weighted by atomic mass is 9.74. The summed E-state index contributed by atoms with van der Waals surface area (Å²) in [5.41, 5.74) is 5.05. The average molecular weight is 295 g/mol. The summed E-state index contributed by atoms with van der Waals surface area (Å²) >= 11 is 0. The number of nitrogens with one attached hydrogen (secondary N) is 1. The van der Waals surface area contributed by atoms with Crippen LogP contribution in [0.1, 0.15) is 71.6 Å². The monoisotopic (exact) mass is 295 g/mol. The van der Waals surface area contributed by atoms with Gasteiger partial charge in [0.25, 0.3) is 0 Å². The Morgan fingerprint density at radius 2 is 1.86 bits per heavy atom. The van der Waals surface area contributed by atoms with E-state index in [1.165, 1.54) is 0 Å². The molecular formula is C16H29N3O2. The summed E-state index contributed by atoms with van der Waals surface area (Å²) in [7, 11) is 0. The molecule has 0 bridgehead atoms. The van der Waals surface area contributed by atoms with E-state index >= 15 is 0 Å². The molecule has 2 rings (SSSR count). The van der Waals surface area contributed by atoms with Crippen LogP contribution >= 0.6 is 0 Å². The Morgan fingerprint density at radius 3 is 2.33 bits per heavy atom. The molecule has 0 atom stereocenters. The quantitative estimate of drug-likeness (QED) is 0.322. The molecule has 0 spiro atoms. The van der Waals surface area contributed by atoms with Gasteiger partial charge in [0, 0.05) is 5.41 Å². The maximum absolute atomic E-state index is 12.9. The molecule has 5 nitrogen and oxygen atoms in total. The molecule has 0 saturated heterocycles. The van der Waals surface area contributed by atoms with Crippen LogP contribution in [0.4, 0.5) is 0 Å². The van der Waals surface area contributed by atoms with Gasteiger partial charge in [-0.15, -0.1) is 0 Å². The van der Waals surface area contributed by atoms with Crippen LogP contribution in [0.3, 0.4) is 0 Å². The van der Waals surface area contributed by atoms with Gasteiger partial charge in [-0.1, -0.05) is 31.8 Å². The van der Waals surface area contributed by atoms with Crippen LogP contribution in [-0.4, -0.2) is 22.5 Å². The largest absolute Gasteiger partial charge is 0.409 e. The lowest BCUT2D eigenvalue weighted by Gasteiger charge is -2.41. The number of hydrogen-bond donors (Lipinski definition) is 3. The second-order valence-electron chi connectivity index (χ2n) is 7.04. The van der Waals surface area contributed by atoms with Gasteiger partial charge in [-0.3, -0.25) is 4.79 Å². The highest BCUT2D eigenvalue weighted by molar-refractivity contribution is 5.95. The summed E-state index contributed by atoms with van der Waals surface area (Å²) in [4.78, 5) is 12.9. The molecule has 2 aliphatic rings. The fourth-order valence-electron chi connectivity index (χ4n) is 3.94. The molecule has 0 radical (unpaired) electrons. The molecule has 0 aromatic rings. The zero-order valence-electron chi connectivity index (χ0n) is 13.3. The number of carbonyl (C=O) groups is 1. The first kappa shape index (κ1) is 16.1. The molecular weight excluding hydrogens is 266 g/mol. The number of amides is 1. The SMILES string of the molecule is CCC1(C(=O)NC2(C(N)=NO)CCC(C)CC2)CCCC1. The van der Waals surface area contributed by atoms with E-state index in [2.05, 4.69) is 24.3 Å². The van der Waals surface area contributed by atoms with Crippen LogP contribution in [0.2, 0.25) is 0 Å². The Morgan fingerprint density at radius 1 is 1.29 bits per heavy atom. The zero-order valence-corrected chi connectivity index (χ0v) is 13.3. The van der Waals surface area contributed by atoms with Crippen molar-refractivity contribution in [3.63, 3.8) is 0 Å². The standard InChI is InChI=1S/C16H29N3O2/c1-3-15(8-4-5-9-15)14(20)18-16(13(17)19-21)10-6-12(2)7-11-16/h12,21H,3-11H2,1-2H3,(H2,17,19)(H,18,20). The minimum atomic E-state index is -0.650. The van der Waals surface area contributed by atoms with Crippen molar-refractivity contribution in [3.05, 3.63) is 0 Å². The Labute approximate surface area is 127 Å². The van der Waals surface area contributed by atoms with E-state index in [1.54, 1.807) is 0 Å². The molecule has 0 aromatic heterocycles. The van der Waals surface area contributed by atoms with Crippen LogP contribution in [-0.2, 0) is 4.79 Å². The van der Waals surface area contributed by atoms with Gasteiger partial charge in [0.2, 0.25) is 5.91 Å². The molecule has 0 unspecified atom stereocenters. The molecule has 2 fully saturated rings. The predicted molar refractivity (Wildman–Crippen MR) is 83.1 cm³/mol. The zero-order chi connectivity index (χ0) is 15.5. The first-order valence-electron chi connectivity index (χ1n) is 8.29. The Hall–Kier alpha value is -1.26. The number of carbonyl (C=O) groups excluding carboxylic acids is 1. The minimum absolute atomic E-state index is 0.101. The van der Waals surface area contributed by atoms with E-state index in [9.17, 15) is 4.79 Å². The summed E-state index contributed by atoms with van der Waals surface area (Å²) in [6.07, 6.45) is 8.53. The smallest absolute Gasteiger partial charge is 0.227 e. The highest BCUT2D eigenvalue weighted by Crippen LogP contribution is 2.42. The molecule has 2 saturated carbocycles. The number of oxime groups is 1. The van der Waals surface area contributed by atoms with Gasteiger partial charge < -0.3 is 16.3 Å². The molecule has 0 heterocycles.